The molecule has 1 saturated carbocycles. The molecule has 1 heterocycles. The van der Waals surface area contributed by atoms with Crippen LogP contribution in [0.3, 0.4) is 0 Å². The zero-order chi connectivity index (χ0) is 12.1. The number of nitrogens with zero attached hydrogens (tertiary/aromatic N) is 3. The maximum Gasteiger partial charge on any atom is 0.191 e. The lowest BCUT2D eigenvalue weighted by Crippen LogP contribution is -2.40. The molecule has 98 valence electrons. The number of hydrogen-bond acceptors (Lipinski definition) is 2. The highest BCUT2D eigenvalue weighted by Crippen LogP contribution is 2.20. The van der Waals surface area contributed by atoms with Crippen molar-refractivity contribution in [1.29, 1.82) is 0 Å². The maximum absolute atomic E-state index is 6.04. The van der Waals surface area contributed by atoms with E-state index in [0.29, 0.717) is 6.04 Å². The monoisotopic (exact) mass is 238 g/mol. The van der Waals surface area contributed by atoms with Crippen molar-refractivity contribution in [3.05, 3.63) is 0 Å². The molecule has 0 unspecified atom stereocenters. The van der Waals surface area contributed by atoms with Crippen LogP contribution in [-0.2, 0) is 0 Å². The molecular formula is C13H26N4. The number of rotatable bonds is 4. The van der Waals surface area contributed by atoms with Crippen LogP contribution < -0.4 is 5.73 Å². The molecule has 0 atom stereocenters. The Hall–Kier alpha value is -0.770. The van der Waals surface area contributed by atoms with Crippen LogP contribution in [0.2, 0.25) is 0 Å². The first kappa shape index (κ1) is 12.7. The molecule has 0 spiro atoms. The van der Waals surface area contributed by atoms with Crippen molar-refractivity contribution in [2.24, 2.45) is 10.7 Å². The Morgan fingerprint density at radius 1 is 1.24 bits per heavy atom. The molecule has 2 fully saturated rings. The molecule has 17 heavy (non-hydrogen) atoms. The molecule has 0 aromatic carbocycles. The summed E-state index contributed by atoms with van der Waals surface area (Å²) in [5.74, 6) is 0.732. The largest absolute Gasteiger partial charge is 0.370 e. The minimum absolute atomic E-state index is 0.490. The molecule has 0 aromatic heterocycles. The Kier molecular flexibility index (Phi) is 4.66. The van der Waals surface area contributed by atoms with Crippen LogP contribution in [0.5, 0.6) is 0 Å². The Morgan fingerprint density at radius 3 is 2.53 bits per heavy atom. The summed E-state index contributed by atoms with van der Waals surface area (Å²) < 4.78 is 0. The molecule has 4 heteroatoms. The summed E-state index contributed by atoms with van der Waals surface area (Å²) in [5, 5.41) is 0. The van der Waals surface area contributed by atoms with Crippen molar-refractivity contribution in [2.45, 2.75) is 44.6 Å². The van der Waals surface area contributed by atoms with Gasteiger partial charge in [-0.2, -0.15) is 0 Å². The van der Waals surface area contributed by atoms with Gasteiger partial charge in [0, 0.05) is 20.1 Å². The van der Waals surface area contributed by atoms with Crippen LogP contribution in [0.15, 0.2) is 4.99 Å². The van der Waals surface area contributed by atoms with Gasteiger partial charge in [-0.05, 0) is 38.8 Å². The predicted molar refractivity (Wildman–Crippen MR) is 72.2 cm³/mol. The molecule has 1 saturated heterocycles. The first-order valence-corrected chi connectivity index (χ1v) is 7.02. The summed E-state index contributed by atoms with van der Waals surface area (Å²) in [7, 11) is 2.06. The quantitative estimate of drug-likeness (QED) is 0.592. The normalized spacial score (nSPS) is 23.5. The molecular weight excluding hydrogens is 212 g/mol. The number of aliphatic imine (C=N–C) groups is 1. The second kappa shape index (κ2) is 6.24. The van der Waals surface area contributed by atoms with E-state index in [0.717, 1.165) is 19.0 Å². The van der Waals surface area contributed by atoms with E-state index in [2.05, 4.69) is 21.8 Å². The average molecular weight is 238 g/mol. The number of nitrogens with two attached hydrogens (primary N) is 1. The van der Waals surface area contributed by atoms with Crippen LogP contribution in [0.1, 0.15) is 38.5 Å². The van der Waals surface area contributed by atoms with Crippen LogP contribution >= 0.6 is 0 Å². The highest BCUT2D eigenvalue weighted by Gasteiger charge is 2.16. The third kappa shape index (κ3) is 3.87. The standard InChI is InChI=1S/C13H26N4/c1-16(10-11-17-8-4-5-9-17)13(14)15-12-6-2-3-7-12/h12H,2-11H2,1H3,(H2,14,15). The van der Waals surface area contributed by atoms with Crippen LogP contribution in [-0.4, -0.2) is 55.0 Å². The molecule has 0 bridgehead atoms. The third-order valence-electron chi connectivity index (χ3n) is 3.98. The minimum Gasteiger partial charge on any atom is -0.370 e. The van der Waals surface area contributed by atoms with Gasteiger partial charge in [-0.3, -0.25) is 0 Å². The SMILES string of the molecule is CN(CCN1CCCC1)C(N)=NC1CCCC1. The zero-order valence-electron chi connectivity index (χ0n) is 11.1. The van der Waals surface area contributed by atoms with Gasteiger partial charge in [-0.15, -0.1) is 0 Å². The highest BCUT2D eigenvalue weighted by atomic mass is 15.3. The molecule has 2 N–H and O–H groups in total. The maximum atomic E-state index is 6.04. The van der Waals surface area contributed by atoms with E-state index in [1.165, 1.54) is 51.6 Å². The van der Waals surface area contributed by atoms with Crippen LogP contribution in [0.25, 0.3) is 0 Å². The van der Waals surface area contributed by atoms with Gasteiger partial charge in [-0.1, -0.05) is 12.8 Å². The highest BCUT2D eigenvalue weighted by molar-refractivity contribution is 5.78. The number of likely N-dealkylation sites (tertiary alicyclic amines) is 1. The van der Waals surface area contributed by atoms with Crippen LogP contribution in [0, 0.1) is 0 Å². The average Bonchev–Trinajstić information content (AvgIpc) is 2.98. The minimum atomic E-state index is 0.490. The smallest absolute Gasteiger partial charge is 0.191 e. The van der Waals surface area contributed by atoms with E-state index in [-0.39, 0.29) is 0 Å². The fourth-order valence-electron chi connectivity index (χ4n) is 2.73. The topological polar surface area (TPSA) is 44.9 Å². The third-order valence-corrected chi connectivity index (χ3v) is 3.98. The van der Waals surface area contributed by atoms with E-state index in [9.17, 15) is 0 Å². The summed E-state index contributed by atoms with van der Waals surface area (Å²) >= 11 is 0. The lowest BCUT2D eigenvalue weighted by Gasteiger charge is -2.22. The van der Waals surface area contributed by atoms with E-state index in [4.69, 9.17) is 5.73 Å². The van der Waals surface area contributed by atoms with E-state index < -0.39 is 0 Å². The molecule has 2 aliphatic rings. The Bertz CT molecular complexity index is 252. The van der Waals surface area contributed by atoms with Crippen molar-refractivity contribution in [2.75, 3.05) is 33.2 Å². The summed E-state index contributed by atoms with van der Waals surface area (Å²) in [5.41, 5.74) is 6.04. The van der Waals surface area contributed by atoms with E-state index in [1.807, 2.05) is 0 Å². The summed E-state index contributed by atoms with van der Waals surface area (Å²) in [6, 6.07) is 0.490. The molecule has 1 aliphatic carbocycles. The first-order valence-electron chi connectivity index (χ1n) is 7.02. The summed E-state index contributed by atoms with van der Waals surface area (Å²) in [4.78, 5) is 9.24. The van der Waals surface area contributed by atoms with Gasteiger partial charge < -0.3 is 15.5 Å². The molecule has 2 rings (SSSR count). The lowest BCUT2D eigenvalue weighted by molar-refractivity contribution is 0.306. The fourth-order valence-corrected chi connectivity index (χ4v) is 2.73. The lowest BCUT2D eigenvalue weighted by atomic mass is 10.3. The van der Waals surface area contributed by atoms with Crippen molar-refractivity contribution < 1.29 is 0 Å². The van der Waals surface area contributed by atoms with Crippen molar-refractivity contribution in [3.8, 4) is 0 Å². The van der Waals surface area contributed by atoms with Gasteiger partial charge in [0.1, 0.15) is 0 Å². The van der Waals surface area contributed by atoms with E-state index in [1.54, 1.807) is 0 Å². The Balaban J connectivity index is 1.71. The van der Waals surface area contributed by atoms with Crippen molar-refractivity contribution in [1.82, 2.24) is 9.80 Å². The molecule has 4 nitrogen and oxygen atoms in total. The van der Waals surface area contributed by atoms with Gasteiger partial charge in [-0.25, -0.2) is 4.99 Å². The van der Waals surface area contributed by atoms with Crippen molar-refractivity contribution in [3.63, 3.8) is 0 Å². The zero-order valence-corrected chi connectivity index (χ0v) is 11.1. The van der Waals surface area contributed by atoms with Gasteiger partial charge in [0.2, 0.25) is 0 Å². The second-order valence-corrected chi connectivity index (χ2v) is 5.40. The van der Waals surface area contributed by atoms with Crippen molar-refractivity contribution >= 4 is 5.96 Å². The van der Waals surface area contributed by atoms with Gasteiger partial charge >= 0.3 is 0 Å². The predicted octanol–water partition coefficient (Wildman–Crippen LogP) is 1.27. The van der Waals surface area contributed by atoms with Gasteiger partial charge in [0.15, 0.2) is 5.96 Å². The Labute approximate surface area is 105 Å². The number of likely N-dealkylation sites (N-methyl/N-ethyl adjacent to an activating group) is 1. The van der Waals surface area contributed by atoms with E-state index >= 15 is 0 Å². The molecule has 0 radical (unpaired) electrons. The second-order valence-electron chi connectivity index (χ2n) is 5.40. The van der Waals surface area contributed by atoms with Gasteiger partial charge in [0.25, 0.3) is 0 Å². The summed E-state index contributed by atoms with van der Waals surface area (Å²) in [6.45, 7) is 4.64. The molecule has 0 aromatic rings. The number of hydrogen-bond donors (Lipinski definition) is 1. The number of guanidine groups is 1. The molecule has 0 amide bonds. The van der Waals surface area contributed by atoms with Gasteiger partial charge in [0.05, 0.1) is 6.04 Å². The summed E-state index contributed by atoms with van der Waals surface area (Å²) in [6.07, 6.45) is 7.80. The Morgan fingerprint density at radius 2 is 1.88 bits per heavy atom. The van der Waals surface area contributed by atoms with Crippen LogP contribution in [0.4, 0.5) is 0 Å². The fraction of sp³-hybridized carbons (Fsp3) is 0.923. The molecule has 1 aliphatic heterocycles. The first-order chi connectivity index (χ1) is 8.25.